The van der Waals surface area contributed by atoms with E-state index in [1.165, 1.54) is 0 Å². The SMILES string of the molecule is Cc1cc(S(=O)(=O)N2CCC(C(C)N)C2)ccc1Br.Cl. The fraction of sp³-hybridized carbons (Fsp3) is 0.538. The van der Waals surface area contributed by atoms with Crippen LogP contribution in [-0.2, 0) is 10.0 Å². The molecule has 1 saturated heterocycles. The summed E-state index contributed by atoms with van der Waals surface area (Å²) in [5.41, 5.74) is 6.78. The lowest BCUT2D eigenvalue weighted by atomic mass is 10.0. The van der Waals surface area contributed by atoms with Gasteiger partial charge in [0.2, 0.25) is 10.0 Å². The first-order chi connectivity index (χ1) is 8.82. The molecule has 1 fully saturated rings. The van der Waals surface area contributed by atoms with Crippen LogP contribution in [0, 0.1) is 12.8 Å². The highest BCUT2D eigenvalue weighted by atomic mass is 79.9. The molecule has 4 nitrogen and oxygen atoms in total. The molecule has 114 valence electrons. The van der Waals surface area contributed by atoms with E-state index in [4.69, 9.17) is 5.73 Å². The quantitative estimate of drug-likeness (QED) is 0.872. The molecular weight excluding hydrogens is 364 g/mol. The third-order valence-electron chi connectivity index (χ3n) is 3.70. The van der Waals surface area contributed by atoms with Gasteiger partial charge in [-0.15, -0.1) is 12.4 Å². The highest BCUT2D eigenvalue weighted by Gasteiger charge is 2.33. The van der Waals surface area contributed by atoms with Crippen molar-refractivity contribution in [3.05, 3.63) is 28.2 Å². The number of halogens is 2. The van der Waals surface area contributed by atoms with Gasteiger partial charge in [-0.3, -0.25) is 0 Å². The summed E-state index contributed by atoms with van der Waals surface area (Å²) in [5.74, 6) is 0.256. The normalized spacial score (nSPS) is 21.5. The second-order valence-corrected chi connectivity index (χ2v) is 7.97. The predicted molar refractivity (Wildman–Crippen MR) is 86.6 cm³/mol. The molecule has 2 rings (SSSR count). The topological polar surface area (TPSA) is 63.4 Å². The molecular formula is C13H20BrClN2O2S. The summed E-state index contributed by atoms with van der Waals surface area (Å²) in [7, 11) is -3.39. The van der Waals surface area contributed by atoms with E-state index >= 15 is 0 Å². The number of sulfonamides is 1. The van der Waals surface area contributed by atoms with Gasteiger partial charge in [0, 0.05) is 23.6 Å². The number of aryl methyl sites for hydroxylation is 1. The standard InChI is InChI=1S/C13H19BrN2O2S.ClH/c1-9-7-12(3-4-13(9)14)19(17,18)16-6-5-11(8-16)10(2)15;/h3-4,7,10-11H,5-6,8,15H2,1-2H3;1H. The first-order valence-electron chi connectivity index (χ1n) is 6.34. The van der Waals surface area contributed by atoms with Crippen molar-refractivity contribution in [2.75, 3.05) is 13.1 Å². The van der Waals surface area contributed by atoms with Crippen LogP contribution in [0.1, 0.15) is 18.9 Å². The second-order valence-electron chi connectivity index (χ2n) is 5.18. The summed E-state index contributed by atoms with van der Waals surface area (Å²) in [6.45, 7) is 4.90. The Hall–Kier alpha value is -0.140. The first kappa shape index (κ1) is 17.9. The van der Waals surface area contributed by atoms with Crippen molar-refractivity contribution in [1.29, 1.82) is 0 Å². The van der Waals surface area contributed by atoms with Gasteiger partial charge >= 0.3 is 0 Å². The Labute approximate surface area is 135 Å². The maximum atomic E-state index is 12.5. The average Bonchev–Trinajstić information content (AvgIpc) is 2.82. The Kier molecular flexibility index (Phi) is 6.04. The lowest BCUT2D eigenvalue weighted by Gasteiger charge is -2.18. The fourth-order valence-corrected chi connectivity index (χ4v) is 4.17. The summed E-state index contributed by atoms with van der Waals surface area (Å²) in [5, 5.41) is 0. The smallest absolute Gasteiger partial charge is 0.243 e. The summed E-state index contributed by atoms with van der Waals surface area (Å²) >= 11 is 3.38. The Morgan fingerprint density at radius 2 is 2.10 bits per heavy atom. The highest BCUT2D eigenvalue weighted by Crippen LogP contribution is 2.27. The second kappa shape index (κ2) is 6.75. The molecule has 2 unspecified atom stereocenters. The predicted octanol–water partition coefficient (Wildman–Crippen LogP) is 2.54. The van der Waals surface area contributed by atoms with Crippen molar-refractivity contribution in [1.82, 2.24) is 4.31 Å². The third-order valence-corrected chi connectivity index (χ3v) is 6.45. The van der Waals surface area contributed by atoms with Crippen LogP contribution in [0.4, 0.5) is 0 Å². The molecule has 2 N–H and O–H groups in total. The van der Waals surface area contributed by atoms with Crippen LogP contribution in [-0.4, -0.2) is 31.9 Å². The summed E-state index contributed by atoms with van der Waals surface area (Å²) in [4.78, 5) is 0.360. The molecule has 2 atom stereocenters. The minimum absolute atomic E-state index is 0. The lowest BCUT2D eigenvalue weighted by Crippen LogP contribution is -2.33. The van der Waals surface area contributed by atoms with Gasteiger partial charge in [0.05, 0.1) is 4.90 Å². The Bertz CT molecular complexity index is 578. The Morgan fingerprint density at radius 1 is 1.45 bits per heavy atom. The fourth-order valence-electron chi connectivity index (χ4n) is 2.33. The Morgan fingerprint density at radius 3 is 2.60 bits per heavy atom. The number of nitrogens with two attached hydrogens (primary N) is 1. The maximum Gasteiger partial charge on any atom is 0.243 e. The molecule has 1 aliphatic rings. The molecule has 1 heterocycles. The van der Waals surface area contributed by atoms with Crippen LogP contribution in [0.3, 0.4) is 0 Å². The van der Waals surface area contributed by atoms with Gasteiger partial charge in [-0.25, -0.2) is 8.42 Å². The Balaban J connectivity index is 0.00000200. The molecule has 0 radical (unpaired) electrons. The molecule has 7 heteroatoms. The van der Waals surface area contributed by atoms with Crippen molar-refractivity contribution in [3.63, 3.8) is 0 Å². The van der Waals surface area contributed by atoms with Crippen LogP contribution in [0.5, 0.6) is 0 Å². The molecule has 1 aliphatic heterocycles. The molecule has 0 spiro atoms. The van der Waals surface area contributed by atoms with Crippen molar-refractivity contribution in [2.45, 2.75) is 31.2 Å². The number of benzene rings is 1. The molecule has 1 aromatic carbocycles. The zero-order chi connectivity index (χ0) is 14.2. The summed E-state index contributed by atoms with van der Waals surface area (Å²) < 4.78 is 27.5. The molecule has 1 aromatic rings. The monoisotopic (exact) mass is 382 g/mol. The summed E-state index contributed by atoms with van der Waals surface area (Å²) in [6.07, 6.45) is 0.840. The van der Waals surface area contributed by atoms with Gasteiger partial charge in [-0.2, -0.15) is 4.31 Å². The van der Waals surface area contributed by atoms with E-state index in [1.54, 1.807) is 22.5 Å². The van der Waals surface area contributed by atoms with Crippen molar-refractivity contribution >= 4 is 38.4 Å². The van der Waals surface area contributed by atoms with E-state index in [9.17, 15) is 8.42 Å². The lowest BCUT2D eigenvalue weighted by molar-refractivity contribution is 0.429. The molecule has 0 amide bonds. The van der Waals surface area contributed by atoms with Crippen molar-refractivity contribution in [2.24, 2.45) is 11.7 Å². The molecule has 0 aromatic heterocycles. The van der Waals surface area contributed by atoms with E-state index in [-0.39, 0.29) is 24.4 Å². The maximum absolute atomic E-state index is 12.5. The van der Waals surface area contributed by atoms with E-state index < -0.39 is 10.0 Å². The largest absolute Gasteiger partial charge is 0.328 e. The zero-order valence-electron chi connectivity index (χ0n) is 11.5. The van der Waals surface area contributed by atoms with E-state index in [0.717, 1.165) is 16.5 Å². The van der Waals surface area contributed by atoms with Gasteiger partial charge in [0.25, 0.3) is 0 Å². The number of nitrogens with zero attached hydrogens (tertiary/aromatic N) is 1. The molecule has 0 bridgehead atoms. The molecule has 20 heavy (non-hydrogen) atoms. The minimum atomic E-state index is -3.39. The van der Waals surface area contributed by atoms with Crippen LogP contribution in [0.2, 0.25) is 0 Å². The first-order valence-corrected chi connectivity index (χ1v) is 8.57. The number of hydrogen-bond donors (Lipinski definition) is 1. The van der Waals surface area contributed by atoms with Crippen LogP contribution in [0.15, 0.2) is 27.6 Å². The summed E-state index contributed by atoms with van der Waals surface area (Å²) in [6, 6.07) is 5.16. The van der Waals surface area contributed by atoms with Crippen molar-refractivity contribution in [3.8, 4) is 0 Å². The van der Waals surface area contributed by atoms with E-state index in [1.807, 2.05) is 13.8 Å². The van der Waals surface area contributed by atoms with Gasteiger partial charge in [-0.1, -0.05) is 15.9 Å². The molecule has 0 saturated carbocycles. The average molecular weight is 384 g/mol. The van der Waals surface area contributed by atoms with Crippen LogP contribution >= 0.6 is 28.3 Å². The van der Waals surface area contributed by atoms with Gasteiger partial charge < -0.3 is 5.73 Å². The molecule has 0 aliphatic carbocycles. The van der Waals surface area contributed by atoms with Gasteiger partial charge in [-0.05, 0) is 49.9 Å². The van der Waals surface area contributed by atoms with Gasteiger partial charge in [0.15, 0.2) is 0 Å². The van der Waals surface area contributed by atoms with Crippen LogP contribution in [0.25, 0.3) is 0 Å². The van der Waals surface area contributed by atoms with E-state index in [2.05, 4.69) is 15.9 Å². The number of hydrogen-bond acceptors (Lipinski definition) is 3. The van der Waals surface area contributed by atoms with Gasteiger partial charge in [0.1, 0.15) is 0 Å². The highest BCUT2D eigenvalue weighted by molar-refractivity contribution is 9.10. The van der Waals surface area contributed by atoms with E-state index in [0.29, 0.717) is 18.0 Å². The zero-order valence-corrected chi connectivity index (χ0v) is 14.8. The number of rotatable bonds is 3. The third kappa shape index (κ3) is 3.54. The minimum Gasteiger partial charge on any atom is -0.328 e. The van der Waals surface area contributed by atoms with Crippen LogP contribution < -0.4 is 5.73 Å². The van der Waals surface area contributed by atoms with Crippen molar-refractivity contribution < 1.29 is 8.42 Å².